The molecule has 0 saturated heterocycles. The minimum atomic E-state index is -4.41. The predicted octanol–water partition coefficient (Wildman–Crippen LogP) is 3.30. The number of carboxylic acid groups (broad SMARTS) is 2. The highest BCUT2D eigenvalue weighted by Gasteiger charge is 2.50. The topological polar surface area (TPSA) is 132 Å². The summed E-state index contributed by atoms with van der Waals surface area (Å²) < 4.78 is 34.8. The van der Waals surface area contributed by atoms with Crippen LogP contribution in [0, 0.1) is 0 Å². The van der Waals surface area contributed by atoms with Gasteiger partial charge in [-0.15, -0.1) is 0 Å². The van der Waals surface area contributed by atoms with Gasteiger partial charge in [0.15, 0.2) is 0 Å². The van der Waals surface area contributed by atoms with Gasteiger partial charge in [-0.25, -0.2) is 4.79 Å². The number of rotatable bonds is 7. The Morgan fingerprint density at radius 1 is 0.585 bits per heavy atom. The maximum Gasteiger partial charge on any atom is 0.335 e. The first-order chi connectivity index (χ1) is 19.7. The Morgan fingerprint density at radius 3 is 1.41 bits per heavy atom. The molecule has 5 aromatic rings. The molecule has 0 bridgehead atoms. The smallest absolute Gasteiger partial charge is 0.335 e. The molecule has 5 aromatic carbocycles. The van der Waals surface area contributed by atoms with Crippen molar-refractivity contribution in [2.24, 2.45) is 0 Å². The molecule has 0 aromatic heterocycles. The van der Waals surface area contributed by atoms with E-state index in [1.54, 1.807) is 6.07 Å². The summed E-state index contributed by atoms with van der Waals surface area (Å²) in [5, 5.41) is 22.4. The molecule has 7 nitrogen and oxygen atoms in total. The molecule has 0 radical (unpaired) electrons. The van der Waals surface area contributed by atoms with Crippen molar-refractivity contribution in [3.05, 3.63) is 151 Å². The van der Waals surface area contributed by atoms with Gasteiger partial charge in [-0.2, -0.15) is 8.42 Å². The lowest BCUT2D eigenvalue weighted by Gasteiger charge is -2.28. The molecule has 41 heavy (non-hydrogen) atoms. The van der Waals surface area contributed by atoms with Crippen LogP contribution in [0.5, 0.6) is 0 Å². The van der Waals surface area contributed by atoms with Crippen molar-refractivity contribution < 1.29 is 32.8 Å². The van der Waals surface area contributed by atoms with Gasteiger partial charge >= 0.3 is 5.97 Å². The maximum atomic E-state index is 12.4. The average Bonchev–Trinajstić information content (AvgIpc) is 2.99. The van der Waals surface area contributed by atoms with Crippen molar-refractivity contribution in [2.45, 2.75) is 4.90 Å². The predicted molar refractivity (Wildman–Crippen MR) is 159 cm³/mol. The number of benzene rings is 5. The molecule has 0 spiro atoms. The molecule has 0 fully saturated rings. The lowest BCUT2D eigenvalue weighted by molar-refractivity contribution is -0.255. The number of carbonyl (C=O) groups is 2. The second-order valence-corrected chi connectivity index (χ2v) is 13.6. The number of hydrogen-bond donors (Lipinski definition) is 2. The Bertz CT molecular complexity index is 1630. The van der Waals surface area contributed by atoms with E-state index in [0.29, 0.717) is 5.30 Å². The second-order valence-electron chi connectivity index (χ2n) is 8.79. The zero-order chi connectivity index (χ0) is 29.5. The molecule has 0 unspecified atom stereocenters. The number of aromatic carboxylic acids is 2. The lowest BCUT2D eigenvalue weighted by atomic mass is 10.1. The van der Waals surface area contributed by atoms with E-state index < -0.39 is 29.3 Å². The third kappa shape index (κ3) is 6.42. The summed E-state index contributed by atoms with van der Waals surface area (Å²) in [7, 11) is -6.99. The third-order valence-corrected chi connectivity index (χ3v) is 11.7. The van der Waals surface area contributed by atoms with Gasteiger partial charge < -0.3 is 15.0 Å². The lowest BCUT2D eigenvalue weighted by Crippen LogP contribution is -2.40. The summed E-state index contributed by atoms with van der Waals surface area (Å²) in [5.41, 5.74) is -0.188. The zero-order valence-electron chi connectivity index (χ0n) is 21.6. The Labute approximate surface area is 238 Å². The molecule has 0 aliphatic carbocycles. The molecule has 206 valence electrons. The second kappa shape index (κ2) is 12.7. The van der Waals surface area contributed by atoms with Crippen LogP contribution in [0.15, 0.2) is 144 Å². The van der Waals surface area contributed by atoms with Crippen LogP contribution in [-0.2, 0) is 10.1 Å². The van der Waals surface area contributed by atoms with E-state index in [0.717, 1.165) is 22.0 Å². The molecular formula is C32H25O7PS. The first-order valence-corrected chi connectivity index (χ1v) is 15.6. The summed E-state index contributed by atoms with van der Waals surface area (Å²) in [6.07, 6.45) is 0. The largest absolute Gasteiger partial charge is 0.545 e. The van der Waals surface area contributed by atoms with E-state index >= 15 is 0 Å². The van der Waals surface area contributed by atoms with Crippen molar-refractivity contribution in [3.8, 4) is 0 Å². The molecule has 0 aliphatic heterocycles. The fourth-order valence-electron chi connectivity index (χ4n) is 4.55. The van der Waals surface area contributed by atoms with Crippen molar-refractivity contribution in [1.29, 1.82) is 0 Å². The Kier molecular flexibility index (Phi) is 9.10. The first-order valence-electron chi connectivity index (χ1n) is 12.3. The fraction of sp³-hybridized carbons (Fsp3) is 0. The number of carboxylic acids is 2. The summed E-state index contributed by atoms with van der Waals surface area (Å²) in [4.78, 5) is 20.6. The quantitative estimate of drug-likeness (QED) is 0.222. The highest BCUT2D eigenvalue weighted by atomic mass is 32.2. The van der Waals surface area contributed by atoms with Crippen LogP contribution in [0.2, 0.25) is 0 Å². The van der Waals surface area contributed by atoms with E-state index in [9.17, 15) is 27.7 Å². The van der Waals surface area contributed by atoms with Gasteiger partial charge in [0, 0.05) is 0 Å². The monoisotopic (exact) mass is 584 g/mol. The molecular weight excluding hydrogens is 559 g/mol. The standard InChI is InChI=1S/C24H19O3PS.C8H6O4/c25-29(26,27)24-19-11-10-18-23(24)28(20-12-4-1-5-13-20,21-14-6-2-7-15-21)22-16-8-3-9-17-22;9-7(10)5-2-1-3-6(4-5)8(11)12/h1-19H;1-4H,(H,9,10)(H,11,12). The van der Waals surface area contributed by atoms with Crippen LogP contribution in [0.3, 0.4) is 0 Å². The average molecular weight is 585 g/mol. The summed E-state index contributed by atoms with van der Waals surface area (Å²) in [5.74, 6) is -2.53. The van der Waals surface area contributed by atoms with Crippen molar-refractivity contribution >= 4 is 50.5 Å². The van der Waals surface area contributed by atoms with Crippen molar-refractivity contribution in [3.63, 3.8) is 0 Å². The normalized spacial score (nSPS) is 11.1. The first kappa shape index (κ1) is 29.4. The highest BCUT2D eigenvalue weighted by Crippen LogP contribution is 2.55. The van der Waals surface area contributed by atoms with Gasteiger partial charge in [0.2, 0.25) is 0 Å². The SMILES string of the molecule is O=C([O-])c1cccc(C(=O)O)c1.O=S(=O)(O)c1ccccc1[P+](c1ccccc1)(c1ccccc1)c1ccccc1. The van der Waals surface area contributed by atoms with Crippen LogP contribution in [0.1, 0.15) is 20.7 Å². The molecule has 9 heteroatoms. The van der Waals surface area contributed by atoms with Gasteiger partial charge in [0.1, 0.15) is 33.4 Å². The molecule has 0 aliphatic rings. The number of hydrogen-bond acceptors (Lipinski definition) is 5. The molecule has 0 saturated carbocycles. The van der Waals surface area contributed by atoms with Crippen LogP contribution >= 0.6 is 7.26 Å². The minimum absolute atomic E-state index is 0.0510. The van der Waals surface area contributed by atoms with Gasteiger partial charge in [0.25, 0.3) is 10.1 Å². The van der Waals surface area contributed by atoms with Gasteiger partial charge in [0.05, 0.1) is 11.5 Å². The molecule has 0 amide bonds. The highest BCUT2D eigenvalue weighted by molar-refractivity contribution is 8.02. The van der Waals surface area contributed by atoms with Crippen molar-refractivity contribution in [2.75, 3.05) is 0 Å². The third-order valence-electron chi connectivity index (χ3n) is 6.28. The molecule has 0 heterocycles. The zero-order valence-corrected chi connectivity index (χ0v) is 23.3. The van der Waals surface area contributed by atoms with Gasteiger partial charge in [-0.05, 0) is 66.2 Å². The van der Waals surface area contributed by atoms with Crippen LogP contribution in [-0.4, -0.2) is 30.0 Å². The molecule has 2 N–H and O–H groups in total. The number of carbonyl (C=O) groups excluding carboxylic acids is 1. The molecule has 5 rings (SSSR count). The van der Waals surface area contributed by atoms with E-state index in [1.807, 2.05) is 103 Å². The maximum absolute atomic E-state index is 12.4. The van der Waals surface area contributed by atoms with E-state index in [1.165, 1.54) is 24.3 Å². The Morgan fingerprint density at radius 2 is 1.00 bits per heavy atom. The summed E-state index contributed by atoms with van der Waals surface area (Å²) >= 11 is 0. The minimum Gasteiger partial charge on any atom is -0.545 e. The molecule has 0 atom stereocenters. The Balaban J connectivity index is 0.000000271. The van der Waals surface area contributed by atoms with E-state index in [2.05, 4.69) is 0 Å². The summed E-state index contributed by atoms with van der Waals surface area (Å²) in [6.45, 7) is 0. The Hall–Kier alpha value is -4.62. The summed E-state index contributed by atoms with van der Waals surface area (Å²) in [6, 6.07) is 41.6. The van der Waals surface area contributed by atoms with Crippen molar-refractivity contribution in [1.82, 2.24) is 0 Å². The van der Waals surface area contributed by atoms with E-state index in [4.69, 9.17) is 5.11 Å². The van der Waals surface area contributed by atoms with Crippen LogP contribution < -0.4 is 26.3 Å². The van der Waals surface area contributed by atoms with Crippen LogP contribution in [0.4, 0.5) is 0 Å². The fourth-order valence-corrected chi connectivity index (χ4v) is 10.2. The van der Waals surface area contributed by atoms with Crippen LogP contribution in [0.25, 0.3) is 0 Å². The van der Waals surface area contributed by atoms with Gasteiger partial charge in [-0.1, -0.05) is 78.9 Å². The van der Waals surface area contributed by atoms with Gasteiger partial charge in [-0.3, -0.25) is 4.55 Å². The van der Waals surface area contributed by atoms with E-state index in [-0.39, 0.29) is 16.0 Å².